The summed E-state index contributed by atoms with van der Waals surface area (Å²) in [5, 5.41) is 0.609. The summed E-state index contributed by atoms with van der Waals surface area (Å²) in [6.45, 7) is 6.48. The van der Waals surface area contributed by atoms with Crippen LogP contribution in [0, 0.1) is 3.57 Å². The fourth-order valence-corrected chi connectivity index (χ4v) is 2.54. The van der Waals surface area contributed by atoms with E-state index in [0.717, 1.165) is 15.1 Å². The van der Waals surface area contributed by atoms with Crippen molar-refractivity contribution in [2.75, 3.05) is 0 Å². The zero-order valence-electron chi connectivity index (χ0n) is 9.14. The molecule has 0 aromatic carbocycles. The van der Waals surface area contributed by atoms with Crippen LogP contribution in [-0.2, 0) is 5.41 Å². The quantitative estimate of drug-likeness (QED) is 0.604. The lowest BCUT2D eigenvalue weighted by Gasteiger charge is -2.13. The maximum atomic E-state index is 6.14. The summed E-state index contributed by atoms with van der Waals surface area (Å²) >= 11 is 8.37. The van der Waals surface area contributed by atoms with Gasteiger partial charge in [-0.05, 0) is 41.4 Å². The van der Waals surface area contributed by atoms with Crippen molar-refractivity contribution in [3.05, 3.63) is 20.2 Å². The summed E-state index contributed by atoms with van der Waals surface area (Å²) in [7, 11) is 0. The number of hydrogen-bond acceptors (Lipinski definition) is 2. The van der Waals surface area contributed by atoms with Gasteiger partial charge in [-0.2, -0.15) is 0 Å². The van der Waals surface area contributed by atoms with Crippen LogP contribution < -0.4 is 0 Å². The molecule has 1 aliphatic rings. The molecule has 0 saturated heterocycles. The van der Waals surface area contributed by atoms with E-state index in [-0.39, 0.29) is 5.41 Å². The molecule has 1 heterocycles. The van der Waals surface area contributed by atoms with Crippen molar-refractivity contribution in [3.8, 4) is 0 Å². The maximum Gasteiger partial charge on any atom is 0.146 e. The highest BCUT2D eigenvalue weighted by Crippen LogP contribution is 2.46. The maximum absolute atomic E-state index is 6.14. The minimum atomic E-state index is 0.192. The van der Waals surface area contributed by atoms with Gasteiger partial charge in [0.25, 0.3) is 0 Å². The molecule has 1 fully saturated rings. The number of aromatic nitrogens is 2. The lowest BCUT2D eigenvalue weighted by Crippen LogP contribution is -2.11. The van der Waals surface area contributed by atoms with Crippen LogP contribution >= 0.6 is 34.2 Å². The average molecular weight is 337 g/mol. The van der Waals surface area contributed by atoms with Crippen molar-refractivity contribution < 1.29 is 0 Å². The Morgan fingerprint density at radius 2 is 1.93 bits per heavy atom. The smallest absolute Gasteiger partial charge is 0.146 e. The van der Waals surface area contributed by atoms with Crippen LogP contribution in [0.3, 0.4) is 0 Å². The Balaban J connectivity index is 2.51. The molecule has 0 spiro atoms. The normalized spacial score (nSPS) is 18.3. The Bertz CT molecular complexity index is 400. The Morgan fingerprint density at radius 1 is 1.33 bits per heavy atom. The fourth-order valence-electron chi connectivity index (χ4n) is 1.50. The third-order valence-corrected chi connectivity index (χ3v) is 4.58. The molecule has 0 radical (unpaired) electrons. The first-order valence-electron chi connectivity index (χ1n) is 5.17. The molecule has 1 saturated carbocycles. The monoisotopic (exact) mass is 336 g/mol. The van der Waals surface area contributed by atoms with E-state index in [9.17, 15) is 0 Å². The first-order chi connectivity index (χ1) is 6.94. The molecular formula is C11H14ClIN2. The number of nitrogens with zero attached hydrogens (tertiary/aromatic N) is 2. The van der Waals surface area contributed by atoms with E-state index < -0.39 is 0 Å². The SMILES string of the molecule is CC(C)c1nc(C2(C)CC2)nc(Cl)c1I. The Hall–Kier alpha value is 0.100. The molecule has 0 bridgehead atoms. The molecule has 15 heavy (non-hydrogen) atoms. The molecule has 2 rings (SSSR count). The Morgan fingerprint density at radius 3 is 2.40 bits per heavy atom. The van der Waals surface area contributed by atoms with Crippen LogP contribution in [0.2, 0.25) is 5.15 Å². The van der Waals surface area contributed by atoms with E-state index in [1.807, 2.05) is 0 Å². The second kappa shape index (κ2) is 3.84. The van der Waals surface area contributed by atoms with Crippen LogP contribution in [0.5, 0.6) is 0 Å². The van der Waals surface area contributed by atoms with E-state index in [4.69, 9.17) is 11.6 Å². The Labute approximate surface area is 109 Å². The van der Waals surface area contributed by atoms with E-state index in [1.165, 1.54) is 12.8 Å². The number of rotatable bonds is 2. The van der Waals surface area contributed by atoms with Crippen molar-refractivity contribution in [1.29, 1.82) is 0 Å². The topological polar surface area (TPSA) is 25.8 Å². The molecule has 0 N–H and O–H groups in total. The summed E-state index contributed by atoms with van der Waals surface area (Å²) < 4.78 is 0.997. The molecule has 0 unspecified atom stereocenters. The summed E-state index contributed by atoms with van der Waals surface area (Å²) in [4.78, 5) is 9.06. The molecule has 0 atom stereocenters. The summed E-state index contributed by atoms with van der Waals surface area (Å²) in [5.74, 6) is 1.33. The van der Waals surface area contributed by atoms with Gasteiger partial charge in [-0.3, -0.25) is 0 Å². The minimum Gasteiger partial charge on any atom is -0.236 e. The molecule has 1 aromatic heterocycles. The van der Waals surface area contributed by atoms with Gasteiger partial charge in [0, 0.05) is 5.41 Å². The zero-order valence-corrected chi connectivity index (χ0v) is 12.1. The van der Waals surface area contributed by atoms with E-state index in [0.29, 0.717) is 11.1 Å². The van der Waals surface area contributed by atoms with Gasteiger partial charge in [-0.15, -0.1) is 0 Å². The van der Waals surface area contributed by atoms with Gasteiger partial charge in [0.2, 0.25) is 0 Å². The molecule has 2 nitrogen and oxygen atoms in total. The lowest BCUT2D eigenvalue weighted by molar-refractivity contribution is 0.679. The highest BCUT2D eigenvalue weighted by Gasteiger charge is 2.42. The number of halogens is 2. The van der Waals surface area contributed by atoms with Gasteiger partial charge < -0.3 is 0 Å². The first-order valence-corrected chi connectivity index (χ1v) is 6.63. The standard InChI is InChI=1S/C11H14ClIN2/c1-6(2)8-7(13)9(12)15-10(14-8)11(3)4-5-11/h6H,4-5H2,1-3H3. The second-order valence-corrected chi connectivity index (χ2v) is 6.19. The van der Waals surface area contributed by atoms with E-state index >= 15 is 0 Å². The minimum absolute atomic E-state index is 0.192. The molecular weight excluding hydrogens is 322 g/mol. The number of hydrogen-bond donors (Lipinski definition) is 0. The predicted molar refractivity (Wildman–Crippen MR) is 70.4 cm³/mol. The van der Waals surface area contributed by atoms with Crippen molar-refractivity contribution in [1.82, 2.24) is 9.97 Å². The first kappa shape index (κ1) is 11.6. The molecule has 4 heteroatoms. The highest BCUT2D eigenvalue weighted by atomic mass is 127. The largest absolute Gasteiger partial charge is 0.236 e. The van der Waals surface area contributed by atoms with Crippen LogP contribution in [0.15, 0.2) is 0 Å². The third-order valence-electron chi connectivity index (χ3n) is 2.92. The summed E-state index contributed by atoms with van der Waals surface area (Å²) in [5.41, 5.74) is 1.27. The fraction of sp³-hybridized carbons (Fsp3) is 0.636. The van der Waals surface area contributed by atoms with Gasteiger partial charge in [-0.1, -0.05) is 32.4 Å². The Kier molecular flexibility index (Phi) is 2.97. The second-order valence-electron chi connectivity index (χ2n) is 4.75. The molecule has 0 aliphatic heterocycles. The molecule has 0 amide bonds. The average Bonchev–Trinajstić information content (AvgIpc) is 2.89. The highest BCUT2D eigenvalue weighted by molar-refractivity contribution is 14.1. The zero-order chi connectivity index (χ0) is 11.2. The van der Waals surface area contributed by atoms with Gasteiger partial charge in [0.05, 0.1) is 9.26 Å². The summed E-state index contributed by atoms with van der Waals surface area (Å²) in [6.07, 6.45) is 2.36. The van der Waals surface area contributed by atoms with Crippen LogP contribution in [0.4, 0.5) is 0 Å². The van der Waals surface area contributed by atoms with Crippen LogP contribution in [-0.4, -0.2) is 9.97 Å². The van der Waals surface area contributed by atoms with Crippen LogP contribution in [0.25, 0.3) is 0 Å². The molecule has 1 aromatic rings. The molecule has 82 valence electrons. The van der Waals surface area contributed by atoms with Crippen molar-refractivity contribution >= 4 is 34.2 Å². The summed E-state index contributed by atoms with van der Waals surface area (Å²) in [6, 6.07) is 0. The van der Waals surface area contributed by atoms with Gasteiger partial charge in [0.1, 0.15) is 11.0 Å². The lowest BCUT2D eigenvalue weighted by atomic mass is 10.1. The predicted octanol–water partition coefficient (Wildman–Crippen LogP) is 3.91. The van der Waals surface area contributed by atoms with E-state index in [1.54, 1.807) is 0 Å². The van der Waals surface area contributed by atoms with Crippen molar-refractivity contribution in [3.63, 3.8) is 0 Å². The van der Waals surface area contributed by atoms with E-state index in [2.05, 4.69) is 53.3 Å². The van der Waals surface area contributed by atoms with Crippen molar-refractivity contribution in [2.24, 2.45) is 0 Å². The van der Waals surface area contributed by atoms with Gasteiger partial charge in [-0.25, -0.2) is 9.97 Å². The third kappa shape index (κ3) is 2.13. The van der Waals surface area contributed by atoms with Crippen molar-refractivity contribution in [2.45, 2.75) is 44.9 Å². The van der Waals surface area contributed by atoms with Gasteiger partial charge in [0.15, 0.2) is 0 Å². The molecule has 1 aliphatic carbocycles. The van der Waals surface area contributed by atoms with Crippen LogP contribution in [0.1, 0.15) is 51.0 Å². The van der Waals surface area contributed by atoms with Gasteiger partial charge >= 0.3 is 0 Å².